The van der Waals surface area contributed by atoms with Crippen molar-refractivity contribution in [2.24, 2.45) is 0 Å². The van der Waals surface area contributed by atoms with Gasteiger partial charge in [0.1, 0.15) is 11.5 Å². The van der Waals surface area contributed by atoms with E-state index in [4.69, 9.17) is 27.6 Å². The van der Waals surface area contributed by atoms with Gasteiger partial charge in [0.15, 0.2) is 5.76 Å². The maximum absolute atomic E-state index is 12.4. The summed E-state index contributed by atoms with van der Waals surface area (Å²) in [7, 11) is 0. The van der Waals surface area contributed by atoms with Gasteiger partial charge in [-0.15, -0.1) is 0 Å². The molecule has 0 aliphatic heterocycles. The van der Waals surface area contributed by atoms with Gasteiger partial charge in [0.05, 0.1) is 16.6 Å². The van der Waals surface area contributed by atoms with Gasteiger partial charge in [-0.1, -0.05) is 41.4 Å². The zero-order chi connectivity index (χ0) is 19.4. The summed E-state index contributed by atoms with van der Waals surface area (Å²) in [6.07, 6.45) is 0.366. The van der Waals surface area contributed by atoms with Crippen molar-refractivity contribution in [3.63, 3.8) is 0 Å². The lowest BCUT2D eigenvalue weighted by atomic mass is 10.1. The molecule has 3 aromatic rings. The number of anilines is 1. The molecular weight excluding hydrogens is 385 g/mol. The Balaban J connectivity index is 1.68. The first-order valence-corrected chi connectivity index (χ1v) is 9.09. The maximum atomic E-state index is 12.4. The van der Waals surface area contributed by atoms with Crippen LogP contribution in [0.3, 0.4) is 0 Å². The van der Waals surface area contributed by atoms with E-state index in [9.17, 15) is 9.59 Å². The molecule has 0 spiro atoms. The maximum Gasteiger partial charge on any atom is 0.216 e. The van der Waals surface area contributed by atoms with E-state index in [1.807, 2.05) is 24.3 Å². The molecule has 0 atom stereocenters. The molecule has 0 saturated carbocycles. The summed E-state index contributed by atoms with van der Waals surface area (Å²) < 4.78 is 5.65. The second kappa shape index (κ2) is 8.42. The van der Waals surface area contributed by atoms with Gasteiger partial charge in [-0.25, -0.2) is 0 Å². The summed E-state index contributed by atoms with van der Waals surface area (Å²) in [4.78, 5) is 23.6. The summed E-state index contributed by atoms with van der Waals surface area (Å²) in [5.74, 6) is 0.602. The summed E-state index contributed by atoms with van der Waals surface area (Å²) in [6.45, 7) is 1.62. The van der Waals surface area contributed by atoms with Crippen molar-refractivity contribution in [3.8, 4) is 11.3 Å². The number of hydrogen-bond donors (Lipinski definition) is 1. The average Bonchev–Trinajstić information content (AvgIpc) is 3.12. The van der Waals surface area contributed by atoms with Crippen molar-refractivity contribution < 1.29 is 14.0 Å². The third kappa shape index (κ3) is 4.79. The zero-order valence-electron chi connectivity index (χ0n) is 14.6. The highest BCUT2D eigenvalue weighted by molar-refractivity contribution is 6.43. The number of rotatable bonds is 7. The average molecular weight is 402 g/mol. The molecule has 0 radical (unpaired) electrons. The highest BCUT2D eigenvalue weighted by atomic mass is 35.5. The van der Waals surface area contributed by atoms with Gasteiger partial charge in [0, 0.05) is 17.7 Å². The van der Waals surface area contributed by atoms with Crippen LogP contribution in [0.4, 0.5) is 5.69 Å². The van der Waals surface area contributed by atoms with E-state index >= 15 is 0 Å². The lowest BCUT2D eigenvalue weighted by Gasteiger charge is -2.07. The smallest absolute Gasteiger partial charge is 0.216 e. The fraction of sp³-hybridized carbons (Fsp3) is 0.143. The minimum Gasteiger partial charge on any atom is -0.453 e. The number of hydrogen-bond acceptors (Lipinski definition) is 4. The van der Waals surface area contributed by atoms with E-state index in [0.29, 0.717) is 27.8 Å². The third-order valence-electron chi connectivity index (χ3n) is 3.93. The van der Waals surface area contributed by atoms with Crippen LogP contribution in [-0.4, -0.2) is 18.1 Å². The van der Waals surface area contributed by atoms with Crippen molar-refractivity contribution in [2.75, 3.05) is 11.9 Å². The van der Waals surface area contributed by atoms with E-state index in [2.05, 4.69) is 5.32 Å². The third-order valence-corrected chi connectivity index (χ3v) is 4.75. The number of Topliss-reactive ketones (excluding diaryl/α,β-unsaturated/α-hetero) is 2. The molecule has 0 aliphatic rings. The van der Waals surface area contributed by atoms with E-state index in [1.54, 1.807) is 37.3 Å². The van der Waals surface area contributed by atoms with Crippen LogP contribution in [0.25, 0.3) is 11.3 Å². The first-order chi connectivity index (χ1) is 12.9. The molecule has 1 N–H and O–H groups in total. The number of carbonyl (C=O) groups is 2. The topological polar surface area (TPSA) is 59.3 Å². The van der Waals surface area contributed by atoms with E-state index in [1.165, 1.54) is 0 Å². The molecule has 1 heterocycles. The number of halogens is 2. The number of ketones is 2. The second-order valence-electron chi connectivity index (χ2n) is 6.12. The molecule has 4 nitrogen and oxygen atoms in total. The predicted molar refractivity (Wildman–Crippen MR) is 108 cm³/mol. The molecule has 138 valence electrons. The highest BCUT2D eigenvalue weighted by Gasteiger charge is 2.15. The van der Waals surface area contributed by atoms with E-state index in [-0.39, 0.29) is 23.9 Å². The molecule has 0 saturated heterocycles. The minimum absolute atomic E-state index is 0.0692. The number of benzene rings is 2. The van der Waals surface area contributed by atoms with Crippen LogP contribution in [0, 0.1) is 0 Å². The van der Waals surface area contributed by atoms with Crippen LogP contribution in [0.15, 0.2) is 59.0 Å². The van der Waals surface area contributed by atoms with Crippen LogP contribution in [0.5, 0.6) is 0 Å². The Kier molecular flexibility index (Phi) is 5.99. The van der Waals surface area contributed by atoms with Gasteiger partial charge in [-0.05, 0) is 48.9 Å². The van der Waals surface area contributed by atoms with Gasteiger partial charge in [-0.3, -0.25) is 9.59 Å². The predicted octanol–water partition coefficient (Wildman–Crippen LogP) is 5.68. The van der Waals surface area contributed by atoms with Crippen LogP contribution >= 0.6 is 23.2 Å². The fourth-order valence-corrected chi connectivity index (χ4v) is 3.07. The van der Waals surface area contributed by atoms with Gasteiger partial charge in [0.25, 0.3) is 0 Å². The molecule has 0 bridgehead atoms. The Morgan fingerprint density at radius 3 is 2.59 bits per heavy atom. The Bertz CT molecular complexity index is 995. The van der Waals surface area contributed by atoms with Crippen LogP contribution in [0.2, 0.25) is 10.0 Å². The van der Waals surface area contributed by atoms with E-state index in [0.717, 1.165) is 11.3 Å². The molecule has 0 fully saturated rings. The fourth-order valence-electron chi connectivity index (χ4n) is 2.67. The SMILES string of the molecule is CC(=O)Cc1cccc(NCC(=O)c2ccc(-c3cccc(Cl)c3Cl)o2)c1. The number of nitrogens with one attached hydrogen (secondary N) is 1. The molecule has 0 aliphatic carbocycles. The largest absolute Gasteiger partial charge is 0.453 e. The molecular formula is C21H17Cl2NO3. The normalized spacial score (nSPS) is 10.6. The molecule has 3 rings (SSSR count). The Morgan fingerprint density at radius 1 is 1.04 bits per heavy atom. The molecule has 0 amide bonds. The van der Waals surface area contributed by atoms with Crippen molar-refractivity contribution in [1.82, 2.24) is 0 Å². The van der Waals surface area contributed by atoms with Crippen LogP contribution in [-0.2, 0) is 11.2 Å². The molecule has 1 aromatic heterocycles. The van der Waals surface area contributed by atoms with Crippen LogP contribution < -0.4 is 5.32 Å². The monoisotopic (exact) mass is 401 g/mol. The van der Waals surface area contributed by atoms with E-state index < -0.39 is 0 Å². The zero-order valence-corrected chi connectivity index (χ0v) is 16.1. The Morgan fingerprint density at radius 2 is 1.81 bits per heavy atom. The quantitative estimate of drug-likeness (QED) is 0.517. The summed E-state index contributed by atoms with van der Waals surface area (Å²) in [5, 5.41) is 3.86. The van der Waals surface area contributed by atoms with Gasteiger partial charge >= 0.3 is 0 Å². The van der Waals surface area contributed by atoms with Crippen molar-refractivity contribution in [1.29, 1.82) is 0 Å². The second-order valence-corrected chi connectivity index (χ2v) is 6.91. The summed E-state index contributed by atoms with van der Waals surface area (Å²) in [6, 6.07) is 16.0. The first kappa shape index (κ1) is 19.2. The summed E-state index contributed by atoms with van der Waals surface area (Å²) in [5.41, 5.74) is 2.30. The number of carbonyl (C=O) groups excluding carboxylic acids is 2. The molecule has 0 unspecified atom stereocenters. The highest BCUT2D eigenvalue weighted by Crippen LogP contribution is 2.34. The van der Waals surface area contributed by atoms with Crippen molar-refractivity contribution >= 4 is 40.5 Å². The first-order valence-electron chi connectivity index (χ1n) is 8.33. The molecule has 2 aromatic carbocycles. The van der Waals surface area contributed by atoms with Crippen molar-refractivity contribution in [3.05, 3.63) is 76.0 Å². The minimum atomic E-state index is -0.198. The molecule has 6 heteroatoms. The number of furan rings is 1. The standard InChI is InChI=1S/C21H17Cl2NO3/c1-13(25)10-14-4-2-5-15(11-14)24-12-18(26)20-9-8-19(27-20)16-6-3-7-17(22)21(16)23/h2-9,11,24H,10,12H2,1H3. The van der Waals surface area contributed by atoms with Gasteiger partial charge in [-0.2, -0.15) is 0 Å². The lowest BCUT2D eigenvalue weighted by Crippen LogP contribution is -2.13. The van der Waals surface area contributed by atoms with Gasteiger partial charge < -0.3 is 9.73 Å². The van der Waals surface area contributed by atoms with Crippen LogP contribution in [0.1, 0.15) is 23.0 Å². The molecule has 27 heavy (non-hydrogen) atoms. The summed E-state index contributed by atoms with van der Waals surface area (Å²) >= 11 is 12.2. The Hall–Kier alpha value is -2.56. The Labute approximate surface area is 167 Å². The van der Waals surface area contributed by atoms with Crippen molar-refractivity contribution in [2.45, 2.75) is 13.3 Å². The van der Waals surface area contributed by atoms with Gasteiger partial charge in [0.2, 0.25) is 5.78 Å². The lowest BCUT2D eigenvalue weighted by molar-refractivity contribution is -0.116.